The van der Waals surface area contributed by atoms with Gasteiger partial charge in [0.2, 0.25) is 0 Å². The fourth-order valence-electron chi connectivity index (χ4n) is 2.17. The summed E-state index contributed by atoms with van der Waals surface area (Å²) in [5.74, 6) is 0.463. The van der Waals surface area contributed by atoms with E-state index < -0.39 is 6.09 Å². The standard InChI is InChI=1S/C12H14FNO2/c13-16-12(15)14-8-6-11(7-9-14)10-4-2-1-3-5-10/h1-5,11H,6-9H2. The summed E-state index contributed by atoms with van der Waals surface area (Å²) in [6.07, 6.45) is 0.851. The number of hydrogen-bond donors (Lipinski definition) is 0. The Balaban J connectivity index is 1.93. The van der Waals surface area contributed by atoms with E-state index in [9.17, 15) is 9.32 Å². The quantitative estimate of drug-likeness (QED) is 0.732. The van der Waals surface area contributed by atoms with Gasteiger partial charge in [-0.1, -0.05) is 30.3 Å². The summed E-state index contributed by atoms with van der Waals surface area (Å²) in [5, 5.41) is 0. The molecule has 0 aromatic heterocycles. The molecule has 4 heteroatoms. The summed E-state index contributed by atoms with van der Waals surface area (Å²) in [4.78, 5) is 15.6. The van der Waals surface area contributed by atoms with Crippen molar-refractivity contribution in [3.8, 4) is 0 Å². The van der Waals surface area contributed by atoms with Crippen molar-refractivity contribution >= 4 is 6.09 Å². The summed E-state index contributed by atoms with van der Waals surface area (Å²) in [6, 6.07) is 10.2. The van der Waals surface area contributed by atoms with Crippen LogP contribution < -0.4 is 0 Å². The molecular formula is C12H14FNO2. The first-order valence-corrected chi connectivity index (χ1v) is 5.43. The summed E-state index contributed by atoms with van der Waals surface area (Å²) in [6.45, 7) is 1.12. The summed E-state index contributed by atoms with van der Waals surface area (Å²) in [5.41, 5.74) is 1.29. The van der Waals surface area contributed by atoms with Crippen LogP contribution in [-0.2, 0) is 4.94 Å². The van der Waals surface area contributed by atoms with E-state index in [0.29, 0.717) is 19.0 Å². The van der Waals surface area contributed by atoms with Gasteiger partial charge >= 0.3 is 6.09 Å². The first kappa shape index (κ1) is 10.9. The van der Waals surface area contributed by atoms with E-state index in [0.717, 1.165) is 12.8 Å². The Hall–Kier alpha value is -1.58. The number of amides is 1. The maximum atomic E-state index is 11.7. The molecule has 0 radical (unpaired) electrons. The minimum atomic E-state index is -0.869. The number of carbonyl (C=O) groups is 1. The van der Waals surface area contributed by atoms with Crippen molar-refractivity contribution in [1.82, 2.24) is 4.90 Å². The maximum absolute atomic E-state index is 11.7. The molecule has 1 saturated heterocycles. The molecule has 3 nitrogen and oxygen atoms in total. The molecule has 1 aromatic rings. The molecule has 1 aliphatic rings. The Morgan fingerprint density at radius 3 is 2.44 bits per heavy atom. The van der Waals surface area contributed by atoms with Gasteiger partial charge in [0.05, 0.1) is 0 Å². The monoisotopic (exact) mass is 223 g/mol. The molecule has 1 amide bonds. The number of nitrogens with zero attached hydrogens (tertiary/aromatic N) is 1. The Kier molecular flexibility index (Phi) is 3.39. The molecule has 0 spiro atoms. The highest BCUT2D eigenvalue weighted by Gasteiger charge is 2.24. The van der Waals surface area contributed by atoms with Gasteiger partial charge in [0.1, 0.15) is 0 Å². The van der Waals surface area contributed by atoms with Crippen molar-refractivity contribution in [2.45, 2.75) is 18.8 Å². The van der Waals surface area contributed by atoms with Crippen LogP contribution in [0, 0.1) is 0 Å². The molecule has 0 bridgehead atoms. The smallest absolute Gasteiger partial charge is 0.306 e. The van der Waals surface area contributed by atoms with Crippen LogP contribution in [0.25, 0.3) is 0 Å². The van der Waals surface area contributed by atoms with Gasteiger partial charge in [-0.2, -0.15) is 0 Å². The summed E-state index contributed by atoms with van der Waals surface area (Å²) < 4.78 is 11.7. The Labute approximate surface area is 93.7 Å². The molecule has 0 saturated carbocycles. The molecule has 1 fully saturated rings. The summed E-state index contributed by atoms with van der Waals surface area (Å²) in [7, 11) is 0. The van der Waals surface area contributed by atoms with Crippen LogP contribution in [0.3, 0.4) is 0 Å². The Bertz CT molecular complexity index is 347. The van der Waals surface area contributed by atoms with Gasteiger partial charge in [-0.15, -0.1) is 0 Å². The van der Waals surface area contributed by atoms with Crippen LogP contribution in [0.15, 0.2) is 30.3 Å². The number of hydrogen-bond acceptors (Lipinski definition) is 2. The molecule has 1 heterocycles. The van der Waals surface area contributed by atoms with Gasteiger partial charge in [0, 0.05) is 17.6 Å². The van der Waals surface area contributed by atoms with Gasteiger partial charge in [0.15, 0.2) is 0 Å². The number of carbonyl (C=O) groups excluding carboxylic acids is 1. The molecule has 0 unspecified atom stereocenters. The molecule has 0 atom stereocenters. The lowest BCUT2D eigenvalue weighted by Crippen LogP contribution is -2.37. The van der Waals surface area contributed by atoms with E-state index in [1.807, 2.05) is 18.2 Å². The van der Waals surface area contributed by atoms with Crippen molar-refractivity contribution < 1.29 is 14.3 Å². The van der Waals surface area contributed by atoms with Crippen LogP contribution in [0.2, 0.25) is 0 Å². The minimum absolute atomic E-state index is 0.463. The zero-order valence-electron chi connectivity index (χ0n) is 8.93. The summed E-state index contributed by atoms with van der Waals surface area (Å²) >= 11 is 0. The molecule has 16 heavy (non-hydrogen) atoms. The van der Waals surface area contributed by atoms with Gasteiger partial charge in [0.25, 0.3) is 0 Å². The minimum Gasteiger partial charge on any atom is -0.306 e. The van der Waals surface area contributed by atoms with Gasteiger partial charge in [-0.05, 0) is 24.3 Å². The van der Waals surface area contributed by atoms with Crippen LogP contribution in [0.5, 0.6) is 0 Å². The number of halogens is 1. The normalized spacial score (nSPS) is 17.2. The highest BCUT2D eigenvalue weighted by Crippen LogP contribution is 2.27. The third-order valence-corrected chi connectivity index (χ3v) is 3.09. The lowest BCUT2D eigenvalue weighted by atomic mass is 9.90. The van der Waals surface area contributed by atoms with Crippen molar-refractivity contribution in [2.75, 3.05) is 13.1 Å². The molecule has 0 N–H and O–H groups in total. The number of rotatable bonds is 1. The van der Waals surface area contributed by atoms with Crippen molar-refractivity contribution in [3.63, 3.8) is 0 Å². The van der Waals surface area contributed by atoms with Crippen LogP contribution >= 0.6 is 0 Å². The van der Waals surface area contributed by atoms with Crippen molar-refractivity contribution in [3.05, 3.63) is 35.9 Å². The van der Waals surface area contributed by atoms with Crippen LogP contribution in [0.4, 0.5) is 9.32 Å². The maximum Gasteiger partial charge on any atom is 0.447 e. The topological polar surface area (TPSA) is 29.5 Å². The highest BCUT2D eigenvalue weighted by molar-refractivity contribution is 5.66. The van der Waals surface area contributed by atoms with Gasteiger partial charge in [-0.3, -0.25) is 0 Å². The third-order valence-electron chi connectivity index (χ3n) is 3.09. The van der Waals surface area contributed by atoms with Crippen molar-refractivity contribution in [1.29, 1.82) is 0 Å². The Morgan fingerprint density at radius 2 is 1.88 bits per heavy atom. The fourth-order valence-corrected chi connectivity index (χ4v) is 2.17. The molecule has 1 aromatic carbocycles. The lowest BCUT2D eigenvalue weighted by molar-refractivity contribution is -0.0815. The van der Waals surface area contributed by atoms with E-state index in [-0.39, 0.29) is 0 Å². The molecule has 0 aliphatic carbocycles. The lowest BCUT2D eigenvalue weighted by Gasteiger charge is -2.30. The molecule has 1 aliphatic heterocycles. The fraction of sp³-hybridized carbons (Fsp3) is 0.417. The van der Waals surface area contributed by atoms with E-state index >= 15 is 0 Å². The average molecular weight is 223 g/mol. The zero-order valence-corrected chi connectivity index (χ0v) is 8.93. The van der Waals surface area contributed by atoms with Gasteiger partial charge < -0.3 is 4.90 Å². The van der Waals surface area contributed by atoms with Crippen molar-refractivity contribution in [2.24, 2.45) is 0 Å². The highest BCUT2D eigenvalue weighted by atomic mass is 19.3. The van der Waals surface area contributed by atoms with E-state index in [1.54, 1.807) is 0 Å². The van der Waals surface area contributed by atoms with Crippen LogP contribution in [-0.4, -0.2) is 24.1 Å². The molecule has 2 rings (SSSR count). The zero-order chi connectivity index (χ0) is 11.4. The SMILES string of the molecule is O=C(OF)N1CCC(c2ccccc2)CC1. The van der Waals surface area contributed by atoms with E-state index in [2.05, 4.69) is 17.1 Å². The first-order chi connectivity index (χ1) is 7.81. The Morgan fingerprint density at radius 1 is 1.25 bits per heavy atom. The predicted octanol–water partition coefficient (Wildman–Crippen LogP) is 2.89. The second-order valence-corrected chi connectivity index (χ2v) is 4.02. The number of piperidine rings is 1. The second-order valence-electron chi connectivity index (χ2n) is 4.02. The molecule has 86 valence electrons. The number of benzene rings is 1. The third kappa shape index (κ3) is 2.32. The number of likely N-dealkylation sites (tertiary alicyclic amines) is 1. The van der Waals surface area contributed by atoms with Crippen LogP contribution in [0.1, 0.15) is 24.3 Å². The predicted molar refractivity (Wildman–Crippen MR) is 57.6 cm³/mol. The largest absolute Gasteiger partial charge is 0.447 e. The first-order valence-electron chi connectivity index (χ1n) is 5.43. The average Bonchev–Trinajstić information content (AvgIpc) is 2.39. The molecular weight excluding hydrogens is 209 g/mol. The second kappa shape index (κ2) is 4.96. The van der Waals surface area contributed by atoms with E-state index in [1.165, 1.54) is 10.5 Å². The van der Waals surface area contributed by atoms with Gasteiger partial charge in [-0.25, -0.2) is 9.74 Å². The van der Waals surface area contributed by atoms with E-state index in [4.69, 9.17) is 0 Å².